The van der Waals surface area contributed by atoms with Crippen molar-refractivity contribution >= 4 is 0 Å². The zero-order chi connectivity index (χ0) is 21.8. The Hall–Kier alpha value is -0.200. The van der Waals surface area contributed by atoms with Gasteiger partial charge in [0.25, 0.3) is 0 Å². The molecule has 0 aromatic heterocycles. The minimum atomic E-state index is -0.873. The second kappa shape index (κ2) is 19.7. The summed E-state index contributed by atoms with van der Waals surface area (Å²) >= 11 is 0. The van der Waals surface area contributed by atoms with Crippen LogP contribution in [0.3, 0.4) is 0 Å². The molecule has 0 saturated carbocycles. The van der Waals surface area contributed by atoms with Crippen LogP contribution in [0.1, 0.15) is 122 Å². The van der Waals surface area contributed by atoms with Crippen LogP contribution >= 0.6 is 0 Å². The van der Waals surface area contributed by atoms with E-state index in [9.17, 15) is 10.2 Å². The van der Waals surface area contributed by atoms with Crippen molar-refractivity contribution in [3.63, 3.8) is 0 Å². The van der Waals surface area contributed by atoms with Crippen molar-refractivity contribution < 1.29 is 20.4 Å². The van der Waals surface area contributed by atoms with Crippen LogP contribution in [0.4, 0.5) is 0 Å². The molecule has 5 heteroatoms. The van der Waals surface area contributed by atoms with Crippen molar-refractivity contribution in [1.82, 2.24) is 0 Å². The fourth-order valence-electron chi connectivity index (χ4n) is 4.20. The van der Waals surface area contributed by atoms with Gasteiger partial charge in [-0.05, 0) is 19.3 Å². The highest BCUT2D eigenvalue weighted by Crippen LogP contribution is 2.24. The van der Waals surface area contributed by atoms with Gasteiger partial charge in [0, 0.05) is 5.54 Å². The molecule has 0 aliphatic rings. The van der Waals surface area contributed by atoms with Crippen LogP contribution in [0.15, 0.2) is 0 Å². The van der Waals surface area contributed by atoms with Gasteiger partial charge in [-0.2, -0.15) is 0 Å². The SMILES string of the molecule is CCCCCCCCCCCCCCCCCC(N)(CC(O)CO)CC(O)CO. The smallest absolute Gasteiger partial charge is 0.0788 e. The van der Waals surface area contributed by atoms with Gasteiger partial charge in [0.1, 0.15) is 0 Å². The van der Waals surface area contributed by atoms with Crippen molar-refractivity contribution in [2.75, 3.05) is 13.2 Å². The van der Waals surface area contributed by atoms with Gasteiger partial charge in [0.2, 0.25) is 0 Å². The molecule has 29 heavy (non-hydrogen) atoms. The first kappa shape index (κ1) is 28.8. The fourth-order valence-corrected chi connectivity index (χ4v) is 4.20. The largest absolute Gasteiger partial charge is 0.394 e. The summed E-state index contributed by atoms with van der Waals surface area (Å²) in [5, 5.41) is 37.6. The highest BCUT2D eigenvalue weighted by molar-refractivity contribution is 4.89. The number of hydrogen-bond donors (Lipinski definition) is 5. The number of unbranched alkanes of at least 4 members (excludes halogenated alkanes) is 14. The van der Waals surface area contributed by atoms with E-state index in [4.69, 9.17) is 15.9 Å². The number of aliphatic hydroxyl groups excluding tert-OH is 4. The van der Waals surface area contributed by atoms with E-state index in [0.29, 0.717) is 6.42 Å². The maximum Gasteiger partial charge on any atom is 0.0788 e. The maximum absolute atomic E-state index is 9.73. The quantitative estimate of drug-likeness (QED) is 0.167. The van der Waals surface area contributed by atoms with E-state index in [2.05, 4.69) is 6.92 Å². The molecule has 2 atom stereocenters. The molecule has 0 aliphatic heterocycles. The van der Waals surface area contributed by atoms with Gasteiger partial charge in [-0.3, -0.25) is 0 Å². The third kappa shape index (κ3) is 18.3. The summed E-state index contributed by atoms with van der Waals surface area (Å²) in [6.07, 6.45) is 19.1. The fraction of sp³-hybridized carbons (Fsp3) is 1.00. The summed E-state index contributed by atoms with van der Waals surface area (Å²) in [4.78, 5) is 0. The van der Waals surface area contributed by atoms with Crippen molar-refractivity contribution in [3.8, 4) is 0 Å². The summed E-state index contributed by atoms with van der Waals surface area (Å²) in [6.45, 7) is 1.61. The van der Waals surface area contributed by atoms with E-state index in [0.717, 1.165) is 12.8 Å². The predicted octanol–water partition coefficient (Wildman–Crippen LogP) is 4.43. The Morgan fingerprint density at radius 1 is 0.586 bits per heavy atom. The Morgan fingerprint density at radius 3 is 1.21 bits per heavy atom. The van der Waals surface area contributed by atoms with Crippen LogP contribution in [0.2, 0.25) is 0 Å². The van der Waals surface area contributed by atoms with E-state index >= 15 is 0 Å². The number of hydrogen-bond acceptors (Lipinski definition) is 5. The summed E-state index contributed by atoms with van der Waals surface area (Å²) in [5.41, 5.74) is 5.63. The molecule has 0 fully saturated rings. The first-order chi connectivity index (χ1) is 14.0. The Labute approximate surface area is 180 Å². The molecule has 5 nitrogen and oxygen atoms in total. The predicted molar refractivity (Wildman–Crippen MR) is 122 cm³/mol. The minimum Gasteiger partial charge on any atom is -0.394 e. The third-order valence-corrected chi connectivity index (χ3v) is 5.98. The zero-order valence-electron chi connectivity index (χ0n) is 19.2. The third-order valence-electron chi connectivity index (χ3n) is 5.98. The lowest BCUT2D eigenvalue weighted by molar-refractivity contribution is 0.0317. The highest BCUT2D eigenvalue weighted by atomic mass is 16.3. The molecule has 0 saturated heterocycles. The van der Waals surface area contributed by atoms with Crippen LogP contribution in [-0.4, -0.2) is 51.4 Å². The van der Waals surface area contributed by atoms with Crippen LogP contribution in [-0.2, 0) is 0 Å². The normalized spacial score (nSPS) is 15.9. The van der Waals surface area contributed by atoms with Gasteiger partial charge < -0.3 is 26.2 Å². The Bertz CT molecular complexity index is 329. The van der Waals surface area contributed by atoms with Gasteiger partial charge in [-0.15, -0.1) is 0 Å². The lowest BCUT2D eigenvalue weighted by Gasteiger charge is -2.33. The van der Waals surface area contributed by atoms with E-state index in [1.807, 2.05) is 0 Å². The van der Waals surface area contributed by atoms with Gasteiger partial charge in [0.15, 0.2) is 0 Å². The van der Waals surface area contributed by atoms with Crippen molar-refractivity contribution in [3.05, 3.63) is 0 Å². The first-order valence-electron chi connectivity index (χ1n) is 12.3. The summed E-state index contributed by atoms with van der Waals surface area (Å²) in [7, 11) is 0. The monoisotopic (exact) mass is 417 g/mol. The van der Waals surface area contributed by atoms with E-state index < -0.39 is 17.7 Å². The van der Waals surface area contributed by atoms with E-state index in [-0.39, 0.29) is 26.1 Å². The summed E-state index contributed by atoms with van der Waals surface area (Å²) < 4.78 is 0. The van der Waals surface area contributed by atoms with Crippen LogP contribution in [0, 0.1) is 0 Å². The average molecular weight is 418 g/mol. The Morgan fingerprint density at radius 2 is 0.897 bits per heavy atom. The van der Waals surface area contributed by atoms with Gasteiger partial charge >= 0.3 is 0 Å². The molecule has 0 spiro atoms. The second-order valence-corrected chi connectivity index (χ2v) is 9.14. The van der Waals surface area contributed by atoms with E-state index in [1.54, 1.807) is 0 Å². The lowest BCUT2D eigenvalue weighted by Crippen LogP contribution is -2.47. The Balaban J connectivity index is 3.64. The lowest BCUT2D eigenvalue weighted by atomic mass is 9.82. The summed E-state index contributed by atoms with van der Waals surface area (Å²) in [6, 6.07) is 0. The molecular formula is C24H51NO4. The molecule has 0 aromatic rings. The van der Waals surface area contributed by atoms with Crippen molar-refractivity contribution in [2.24, 2.45) is 5.73 Å². The molecule has 0 bridgehead atoms. The molecule has 0 amide bonds. The molecule has 176 valence electrons. The molecule has 6 N–H and O–H groups in total. The molecule has 0 aliphatic carbocycles. The Kier molecular flexibility index (Phi) is 19.6. The van der Waals surface area contributed by atoms with Gasteiger partial charge in [-0.25, -0.2) is 0 Å². The topological polar surface area (TPSA) is 107 Å². The van der Waals surface area contributed by atoms with E-state index in [1.165, 1.54) is 83.5 Å². The number of rotatable bonds is 22. The first-order valence-corrected chi connectivity index (χ1v) is 12.3. The highest BCUT2D eigenvalue weighted by Gasteiger charge is 2.30. The molecule has 2 unspecified atom stereocenters. The standard InChI is InChI=1S/C24H51NO4/c1-2-3-4-5-6-7-8-9-10-11-12-13-14-15-16-17-24(25,18-22(28)20-26)19-23(29)21-27/h22-23,26-29H,2-21,25H2,1H3. The molecule has 0 rings (SSSR count). The van der Waals surface area contributed by atoms with Crippen LogP contribution in [0.5, 0.6) is 0 Å². The van der Waals surface area contributed by atoms with Crippen molar-refractivity contribution in [1.29, 1.82) is 0 Å². The second-order valence-electron chi connectivity index (χ2n) is 9.14. The van der Waals surface area contributed by atoms with Crippen molar-refractivity contribution in [2.45, 2.75) is 140 Å². The molecular weight excluding hydrogens is 366 g/mol. The van der Waals surface area contributed by atoms with Gasteiger partial charge in [-0.1, -0.05) is 103 Å². The van der Waals surface area contributed by atoms with Crippen LogP contribution in [0.25, 0.3) is 0 Å². The minimum absolute atomic E-state index is 0.249. The average Bonchev–Trinajstić information content (AvgIpc) is 2.70. The molecule has 0 heterocycles. The van der Waals surface area contributed by atoms with Crippen LogP contribution < -0.4 is 5.73 Å². The van der Waals surface area contributed by atoms with Gasteiger partial charge in [0.05, 0.1) is 25.4 Å². The molecule has 0 radical (unpaired) electrons. The maximum atomic E-state index is 9.73. The summed E-state index contributed by atoms with van der Waals surface area (Å²) in [5.74, 6) is 0. The number of aliphatic hydroxyl groups is 4. The number of nitrogens with two attached hydrogens (primary N) is 1. The molecule has 0 aromatic carbocycles. The zero-order valence-corrected chi connectivity index (χ0v) is 19.2.